The zero-order valence-electron chi connectivity index (χ0n) is 12.6. The lowest BCUT2D eigenvalue weighted by Gasteiger charge is -2.07. The van der Waals surface area contributed by atoms with Crippen molar-refractivity contribution >= 4 is 33.0 Å². The van der Waals surface area contributed by atoms with E-state index < -0.39 is 0 Å². The number of aliphatic hydroxyl groups is 1. The second-order valence-electron chi connectivity index (χ2n) is 5.17. The maximum absolute atomic E-state index is 11.8. The molecule has 3 rings (SSSR count). The van der Waals surface area contributed by atoms with E-state index in [0.29, 0.717) is 5.56 Å². The lowest BCUT2D eigenvalue weighted by atomic mass is 10.1. The highest BCUT2D eigenvalue weighted by Gasteiger charge is 2.05. The van der Waals surface area contributed by atoms with E-state index in [-0.39, 0.29) is 19.1 Å². The van der Waals surface area contributed by atoms with Crippen LogP contribution in [0, 0.1) is 0 Å². The van der Waals surface area contributed by atoms with Gasteiger partial charge < -0.3 is 15.7 Å². The number of nitrogens with one attached hydrogen (secondary N) is 2. The normalized spacial score (nSPS) is 10.7. The summed E-state index contributed by atoms with van der Waals surface area (Å²) in [7, 11) is 0. The molecule has 2 aromatic carbocycles. The molecular formula is C18H18N2O2S. The smallest absolute Gasteiger partial charge is 0.251 e. The van der Waals surface area contributed by atoms with Gasteiger partial charge in [-0.1, -0.05) is 18.2 Å². The molecule has 0 saturated heterocycles. The highest BCUT2D eigenvalue weighted by molar-refractivity contribution is 7.17. The SMILES string of the molecule is O=C(NCCO)c1ccc(NCc2csc3ccccc23)cc1. The lowest BCUT2D eigenvalue weighted by Crippen LogP contribution is -2.26. The summed E-state index contributed by atoms with van der Waals surface area (Å²) >= 11 is 1.75. The molecule has 0 aliphatic carbocycles. The van der Waals surface area contributed by atoms with Crippen molar-refractivity contribution in [3.8, 4) is 0 Å². The molecule has 0 saturated carbocycles. The summed E-state index contributed by atoms with van der Waals surface area (Å²) in [5, 5.41) is 18.2. The Kier molecular flexibility index (Phi) is 4.90. The van der Waals surface area contributed by atoms with Crippen LogP contribution in [0.4, 0.5) is 5.69 Å². The van der Waals surface area contributed by atoms with E-state index in [1.54, 1.807) is 23.5 Å². The second-order valence-corrected chi connectivity index (χ2v) is 6.08. The summed E-state index contributed by atoms with van der Waals surface area (Å²) in [4.78, 5) is 11.8. The molecule has 5 heteroatoms. The maximum atomic E-state index is 11.8. The molecule has 1 heterocycles. The standard InChI is InChI=1S/C18H18N2O2S/c21-10-9-19-18(22)13-5-7-15(8-6-13)20-11-14-12-23-17-4-2-1-3-16(14)17/h1-8,12,20-21H,9-11H2,(H,19,22). The first-order valence-electron chi connectivity index (χ1n) is 7.46. The lowest BCUT2D eigenvalue weighted by molar-refractivity contribution is 0.0945. The molecule has 0 fully saturated rings. The Morgan fingerprint density at radius 1 is 1.09 bits per heavy atom. The monoisotopic (exact) mass is 326 g/mol. The Hall–Kier alpha value is -2.37. The van der Waals surface area contributed by atoms with E-state index in [9.17, 15) is 4.79 Å². The van der Waals surface area contributed by atoms with E-state index in [0.717, 1.165) is 12.2 Å². The summed E-state index contributed by atoms with van der Waals surface area (Å²) in [6.07, 6.45) is 0. The van der Waals surface area contributed by atoms with E-state index >= 15 is 0 Å². The number of carbonyl (C=O) groups is 1. The third-order valence-corrected chi connectivity index (χ3v) is 4.60. The van der Waals surface area contributed by atoms with Gasteiger partial charge in [0.25, 0.3) is 5.91 Å². The van der Waals surface area contributed by atoms with Crippen molar-refractivity contribution in [1.29, 1.82) is 0 Å². The van der Waals surface area contributed by atoms with Gasteiger partial charge in [0.2, 0.25) is 0 Å². The van der Waals surface area contributed by atoms with Crippen molar-refractivity contribution in [3.63, 3.8) is 0 Å². The molecule has 0 atom stereocenters. The number of aliphatic hydroxyl groups excluding tert-OH is 1. The zero-order chi connectivity index (χ0) is 16.1. The summed E-state index contributed by atoms with van der Waals surface area (Å²) in [6.45, 7) is 0.962. The van der Waals surface area contributed by atoms with Crippen LogP contribution in [0.15, 0.2) is 53.9 Å². The van der Waals surface area contributed by atoms with Crippen LogP contribution in [0.3, 0.4) is 0 Å². The van der Waals surface area contributed by atoms with Gasteiger partial charge in [-0.05, 0) is 46.7 Å². The Balaban J connectivity index is 1.63. The van der Waals surface area contributed by atoms with E-state index in [1.807, 2.05) is 12.1 Å². The second kappa shape index (κ2) is 7.26. The third-order valence-electron chi connectivity index (χ3n) is 3.59. The van der Waals surface area contributed by atoms with Gasteiger partial charge in [0.05, 0.1) is 6.61 Å². The molecule has 3 aromatic rings. The van der Waals surface area contributed by atoms with Crippen molar-refractivity contribution < 1.29 is 9.90 Å². The van der Waals surface area contributed by atoms with E-state index in [1.165, 1.54) is 15.6 Å². The molecule has 0 unspecified atom stereocenters. The van der Waals surface area contributed by atoms with Crippen LogP contribution in [0.1, 0.15) is 15.9 Å². The van der Waals surface area contributed by atoms with Gasteiger partial charge in [0.1, 0.15) is 0 Å². The summed E-state index contributed by atoms with van der Waals surface area (Å²) in [6, 6.07) is 15.7. The number of anilines is 1. The van der Waals surface area contributed by atoms with Crippen molar-refractivity contribution in [1.82, 2.24) is 5.32 Å². The number of hydrogen-bond donors (Lipinski definition) is 3. The van der Waals surface area contributed by atoms with E-state index in [4.69, 9.17) is 5.11 Å². The number of thiophene rings is 1. The first kappa shape index (κ1) is 15.5. The van der Waals surface area contributed by atoms with Gasteiger partial charge >= 0.3 is 0 Å². The topological polar surface area (TPSA) is 61.4 Å². The van der Waals surface area contributed by atoms with Gasteiger partial charge in [-0.3, -0.25) is 4.79 Å². The van der Waals surface area contributed by atoms with Crippen molar-refractivity contribution in [3.05, 3.63) is 65.0 Å². The number of hydrogen-bond acceptors (Lipinski definition) is 4. The minimum absolute atomic E-state index is 0.0556. The number of fused-ring (bicyclic) bond motifs is 1. The molecule has 1 aromatic heterocycles. The van der Waals surface area contributed by atoms with Crippen LogP contribution in [-0.2, 0) is 6.54 Å². The Morgan fingerprint density at radius 3 is 2.65 bits per heavy atom. The third kappa shape index (κ3) is 3.70. The Morgan fingerprint density at radius 2 is 1.87 bits per heavy atom. The van der Waals surface area contributed by atoms with Crippen LogP contribution >= 0.6 is 11.3 Å². The molecule has 0 aliphatic heterocycles. The van der Waals surface area contributed by atoms with E-state index in [2.05, 4.69) is 40.3 Å². The first-order chi connectivity index (χ1) is 11.3. The first-order valence-corrected chi connectivity index (χ1v) is 8.34. The summed E-state index contributed by atoms with van der Waals surface area (Å²) < 4.78 is 1.29. The molecule has 0 spiro atoms. The van der Waals surface area contributed by atoms with Crippen LogP contribution in [0.25, 0.3) is 10.1 Å². The molecule has 4 nitrogen and oxygen atoms in total. The molecule has 0 radical (unpaired) electrons. The van der Waals surface area contributed by atoms with Crippen molar-refractivity contribution in [2.75, 3.05) is 18.5 Å². The molecule has 1 amide bonds. The average Bonchev–Trinajstić information content (AvgIpc) is 3.01. The fourth-order valence-corrected chi connectivity index (χ4v) is 3.34. The molecule has 23 heavy (non-hydrogen) atoms. The van der Waals surface area contributed by atoms with Gasteiger partial charge in [0, 0.05) is 29.0 Å². The van der Waals surface area contributed by atoms with Gasteiger partial charge in [-0.25, -0.2) is 0 Å². The summed E-state index contributed by atoms with van der Waals surface area (Å²) in [5.41, 5.74) is 2.83. The number of amides is 1. The van der Waals surface area contributed by atoms with Crippen LogP contribution < -0.4 is 10.6 Å². The average molecular weight is 326 g/mol. The van der Waals surface area contributed by atoms with Crippen molar-refractivity contribution in [2.24, 2.45) is 0 Å². The molecular weight excluding hydrogens is 308 g/mol. The number of benzene rings is 2. The Labute approximate surface area is 138 Å². The zero-order valence-corrected chi connectivity index (χ0v) is 13.4. The van der Waals surface area contributed by atoms with Crippen LogP contribution in [0.5, 0.6) is 0 Å². The number of carbonyl (C=O) groups excluding carboxylic acids is 1. The molecule has 118 valence electrons. The highest BCUT2D eigenvalue weighted by atomic mass is 32.1. The minimum Gasteiger partial charge on any atom is -0.395 e. The summed E-state index contributed by atoms with van der Waals surface area (Å²) in [5.74, 6) is -0.172. The van der Waals surface area contributed by atoms with Crippen LogP contribution in [-0.4, -0.2) is 24.2 Å². The fourth-order valence-electron chi connectivity index (χ4n) is 2.38. The highest BCUT2D eigenvalue weighted by Crippen LogP contribution is 2.26. The predicted octanol–water partition coefficient (Wildman–Crippen LogP) is 3.24. The minimum atomic E-state index is -0.172. The maximum Gasteiger partial charge on any atom is 0.251 e. The molecule has 0 bridgehead atoms. The van der Waals surface area contributed by atoms with Crippen LogP contribution in [0.2, 0.25) is 0 Å². The molecule has 3 N–H and O–H groups in total. The predicted molar refractivity (Wildman–Crippen MR) is 95.0 cm³/mol. The van der Waals surface area contributed by atoms with Gasteiger partial charge in [-0.15, -0.1) is 11.3 Å². The quantitative estimate of drug-likeness (QED) is 0.652. The molecule has 0 aliphatic rings. The van der Waals surface area contributed by atoms with Gasteiger partial charge in [0.15, 0.2) is 0 Å². The largest absolute Gasteiger partial charge is 0.395 e. The van der Waals surface area contributed by atoms with Crippen molar-refractivity contribution in [2.45, 2.75) is 6.54 Å². The fraction of sp³-hybridized carbons (Fsp3) is 0.167. The number of rotatable bonds is 6. The van der Waals surface area contributed by atoms with Gasteiger partial charge in [-0.2, -0.15) is 0 Å². The Bertz CT molecular complexity index is 796.